The molecule has 1 unspecified atom stereocenters. The van der Waals surface area contributed by atoms with E-state index in [1.54, 1.807) is 0 Å². The van der Waals surface area contributed by atoms with Gasteiger partial charge in [-0.1, -0.05) is 6.92 Å². The number of hydrogen-bond donors (Lipinski definition) is 0. The Balaban J connectivity index is 3.47. The van der Waals surface area contributed by atoms with E-state index < -0.39 is 0 Å². The van der Waals surface area contributed by atoms with Crippen molar-refractivity contribution in [1.29, 1.82) is 0 Å². The Morgan fingerprint density at radius 1 is 1.33 bits per heavy atom. The van der Waals surface area contributed by atoms with Crippen LogP contribution in [0.4, 0.5) is 0 Å². The second-order valence-electron chi connectivity index (χ2n) is 3.45. The zero-order valence-electron chi connectivity index (χ0n) is 7.19. The molecule has 0 aromatic carbocycles. The molecular formula is C8H18O. The fourth-order valence-corrected chi connectivity index (χ4v) is 0.687. The molecule has 0 aliphatic carbocycles. The molecule has 1 nitrogen and oxygen atoms in total. The standard InChI is InChI=1S/C8H18O/c1-6-7(2)9-8(3,4)5/h7H,6H2,1-5H3. The van der Waals surface area contributed by atoms with Gasteiger partial charge < -0.3 is 4.74 Å². The first kappa shape index (κ1) is 8.96. The monoisotopic (exact) mass is 130 g/mol. The maximum Gasteiger partial charge on any atom is 0.0602 e. The number of ether oxygens (including phenoxy) is 1. The summed E-state index contributed by atoms with van der Waals surface area (Å²) in [7, 11) is 0. The average Bonchev–Trinajstić information content (AvgIpc) is 1.62. The molecule has 0 aliphatic rings. The van der Waals surface area contributed by atoms with Crippen LogP contribution in [-0.2, 0) is 4.74 Å². The summed E-state index contributed by atoms with van der Waals surface area (Å²) >= 11 is 0. The summed E-state index contributed by atoms with van der Waals surface area (Å²) in [6, 6.07) is 0. The van der Waals surface area contributed by atoms with Gasteiger partial charge in [-0.25, -0.2) is 0 Å². The van der Waals surface area contributed by atoms with E-state index >= 15 is 0 Å². The van der Waals surface area contributed by atoms with Crippen molar-refractivity contribution in [3.63, 3.8) is 0 Å². The van der Waals surface area contributed by atoms with Crippen LogP contribution in [0.3, 0.4) is 0 Å². The maximum atomic E-state index is 5.59. The van der Waals surface area contributed by atoms with E-state index in [9.17, 15) is 0 Å². The van der Waals surface area contributed by atoms with Crippen LogP contribution in [0.5, 0.6) is 0 Å². The van der Waals surface area contributed by atoms with Gasteiger partial charge in [-0.15, -0.1) is 0 Å². The van der Waals surface area contributed by atoms with Crippen molar-refractivity contribution < 1.29 is 4.74 Å². The highest BCUT2D eigenvalue weighted by Gasteiger charge is 2.12. The first-order valence-electron chi connectivity index (χ1n) is 3.63. The largest absolute Gasteiger partial charge is 0.373 e. The minimum absolute atomic E-state index is 0.0232. The van der Waals surface area contributed by atoms with Crippen LogP contribution in [0.25, 0.3) is 0 Å². The summed E-state index contributed by atoms with van der Waals surface area (Å²) in [6.07, 6.45) is 1.49. The minimum atomic E-state index is 0.0232. The number of rotatable bonds is 2. The lowest BCUT2D eigenvalue weighted by atomic mass is 10.2. The Hall–Kier alpha value is -0.0400. The molecule has 0 saturated heterocycles. The van der Waals surface area contributed by atoms with Crippen molar-refractivity contribution in [2.75, 3.05) is 0 Å². The smallest absolute Gasteiger partial charge is 0.0602 e. The van der Waals surface area contributed by atoms with Crippen molar-refractivity contribution in [3.05, 3.63) is 0 Å². The Bertz CT molecular complexity index is 71.1. The molecule has 0 aliphatic heterocycles. The second kappa shape index (κ2) is 3.21. The molecule has 0 heterocycles. The van der Waals surface area contributed by atoms with E-state index in [-0.39, 0.29) is 5.60 Å². The van der Waals surface area contributed by atoms with Gasteiger partial charge in [0.2, 0.25) is 0 Å². The van der Waals surface area contributed by atoms with Crippen molar-refractivity contribution in [2.45, 2.75) is 52.7 Å². The number of hydrogen-bond acceptors (Lipinski definition) is 1. The van der Waals surface area contributed by atoms with Gasteiger partial charge in [-0.2, -0.15) is 0 Å². The molecule has 0 bridgehead atoms. The molecule has 56 valence electrons. The third-order valence-electron chi connectivity index (χ3n) is 1.13. The van der Waals surface area contributed by atoms with Gasteiger partial charge in [0.15, 0.2) is 0 Å². The van der Waals surface area contributed by atoms with Gasteiger partial charge >= 0.3 is 0 Å². The molecule has 9 heavy (non-hydrogen) atoms. The highest BCUT2D eigenvalue weighted by Crippen LogP contribution is 2.11. The Morgan fingerprint density at radius 3 is 1.89 bits per heavy atom. The zero-order valence-corrected chi connectivity index (χ0v) is 7.19. The van der Waals surface area contributed by atoms with Gasteiger partial charge in [-0.3, -0.25) is 0 Å². The van der Waals surface area contributed by atoms with E-state index in [0.717, 1.165) is 6.42 Å². The second-order valence-corrected chi connectivity index (χ2v) is 3.45. The van der Waals surface area contributed by atoms with Crippen LogP contribution in [0.15, 0.2) is 0 Å². The Kier molecular flexibility index (Phi) is 3.20. The highest BCUT2D eigenvalue weighted by atomic mass is 16.5. The van der Waals surface area contributed by atoms with Gasteiger partial charge in [0, 0.05) is 0 Å². The minimum Gasteiger partial charge on any atom is -0.373 e. The fourth-order valence-electron chi connectivity index (χ4n) is 0.687. The molecule has 1 atom stereocenters. The quantitative estimate of drug-likeness (QED) is 0.558. The summed E-state index contributed by atoms with van der Waals surface area (Å²) < 4.78 is 5.59. The molecule has 0 aromatic heterocycles. The molecule has 0 N–H and O–H groups in total. The lowest BCUT2D eigenvalue weighted by molar-refractivity contribution is -0.0521. The van der Waals surface area contributed by atoms with E-state index in [1.807, 2.05) is 0 Å². The van der Waals surface area contributed by atoms with E-state index in [4.69, 9.17) is 4.74 Å². The summed E-state index contributed by atoms with van der Waals surface area (Å²) in [5, 5.41) is 0. The summed E-state index contributed by atoms with van der Waals surface area (Å²) in [6.45, 7) is 10.5. The third-order valence-corrected chi connectivity index (χ3v) is 1.13. The zero-order chi connectivity index (χ0) is 7.49. The molecule has 0 fully saturated rings. The first-order chi connectivity index (χ1) is 3.95. The van der Waals surface area contributed by atoms with Gasteiger partial charge in [0.1, 0.15) is 0 Å². The van der Waals surface area contributed by atoms with E-state index in [2.05, 4.69) is 34.6 Å². The van der Waals surface area contributed by atoms with Gasteiger partial charge in [-0.05, 0) is 34.1 Å². The third kappa shape index (κ3) is 5.84. The first-order valence-corrected chi connectivity index (χ1v) is 3.63. The predicted octanol–water partition coefficient (Wildman–Crippen LogP) is 2.60. The van der Waals surface area contributed by atoms with Crippen LogP contribution >= 0.6 is 0 Å². The van der Waals surface area contributed by atoms with Crippen molar-refractivity contribution in [2.24, 2.45) is 0 Å². The van der Waals surface area contributed by atoms with Crippen molar-refractivity contribution in [1.82, 2.24) is 0 Å². The Morgan fingerprint density at radius 2 is 1.78 bits per heavy atom. The SMILES string of the molecule is CCC(C)OC(C)(C)C. The molecule has 0 rings (SSSR count). The normalized spacial score (nSPS) is 15.7. The van der Waals surface area contributed by atoms with Crippen molar-refractivity contribution in [3.8, 4) is 0 Å². The summed E-state index contributed by atoms with van der Waals surface area (Å²) in [5.74, 6) is 0. The molecule has 0 amide bonds. The molecule has 0 aromatic rings. The molecular weight excluding hydrogens is 112 g/mol. The predicted molar refractivity (Wildman–Crippen MR) is 40.6 cm³/mol. The topological polar surface area (TPSA) is 9.23 Å². The van der Waals surface area contributed by atoms with Crippen LogP contribution in [0.1, 0.15) is 41.0 Å². The lowest BCUT2D eigenvalue weighted by Crippen LogP contribution is -2.24. The van der Waals surface area contributed by atoms with Gasteiger partial charge in [0.25, 0.3) is 0 Å². The molecule has 0 spiro atoms. The maximum absolute atomic E-state index is 5.59. The fraction of sp³-hybridized carbons (Fsp3) is 1.00. The van der Waals surface area contributed by atoms with Crippen molar-refractivity contribution >= 4 is 0 Å². The summed E-state index contributed by atoms with van der Waals surface area (Å²) in [5.41, 5.74) is 0.0232. The van der Waals surface area contributed by atoms with Crippen LogP contribution in [-0.4, -0.2) is 11.7 Å². The van der Waals surface area contributed by atoms with E-state index in [0.29, 0.717) is 6.10 Å². The van der Waals surface area contributed by atoms with E-state index in [1.165, 1.54) is 0 Å². The van der Waals surface area contributed by atoms with Gasteiger partial charge in [0.05, 0.1) is 11.7 Å². The molecule has 0 radical (unpaired) electrons. The lowest BCUT2D eigenvalue weighted by Gasteiger charge is -2.23. The highest BCUT2D eigenvalue weighted by molar-refractivity contribution is 4.61. The Labute approximate surface area is 58.4 Å². The average molecular weight is 130 g/mol. The molecule has 1 heteroatoms. The molecule has 0 saturated carbocycles. The van der Waals surface area contributed by atoms with Crippen LogP contribution in [0, 0.1) is 0 Å². The van der Waals surface area contributed by atoms with Crippen LogP contribution < -0.4 is 0 Å². The van der Waals surface area contributed by atoms with Crippen LogP contribution in [0.2, 0.25) is 0 Å². The summed E-state index contributed by atoms with van der Waals surface area (Å²) in [4.78, 5) is 0.